The van der Waals surface area contributed by atoms with Crippen molar-refractivity contribution in [3.05, 3.63) is 200 Å². The number of thiophene rings is 1. The van der Waals surface area contributed by atoms with Crippen LogP contribution >= 0.6 is 11.3 Å². The smallest absolute Gasteiger partial charge is 0.164 e. The van der Waals surface area contributed by atoms with E-state index in [9.17, 15) is 0 Å². The molecular weight excluding hydrogens is 687 g/mol. The highest BCUT2D eigenvalue weighted by Gasteiger charge is 2.18. The number of rotatable bonds is 7. The van der Waals surface area contributed by atoms with E-state index in [1.54, 1.807) is 0 Å². The zero-order chi connectivity index (χ0) is 36.6. The fourth-order valence-electron chi connectivity index (χ4n) is 7.44. The molecule has 0 saturated carbocycles. The van der Waals surface area contributed by atoms with Gasteiger partial charge in [0, 0.05) is 36.9 Å². The third-order valence-corrected chi connectivity index (χ3v) is 11.3. The molecule has 10 aromatic rings. The fraction of sp³-hybridized carbons (Fsp3) is 0. The summed E-state index contributed by atoms with van der Waals surface area (Å²) >= 11 is 1.85. The van der Waals surface area contributed by atoms with Crippen molar-refractivity contribution in [1.82, 2.24) is 15.0 Å². The molecule has 0 radical (unpaired) electrons. The fourth-order valence-corrected chi connectivity index (χ4v) is 8.58. The summed E-state index contributed by atoms with van der Waals surface area (Å²) in [6, 6.07) is 70.4. The normalized spacial score (nSPS) is 11.3. The second-order valence-electron chi connectivity index (χ2n) is 13.6. The predicted octanol–water partition coefficient (Wildman–Crippen LogP) is 13.9. The molecule has 2 aromatic heterocycles. The van der Waals surface area contributed by atoms with Crippen molar-refractivity contribution in [2.24, 2.45) is 0 Å². The zero-order valence-electron chi connectivity index (χ0n) is 29.8. The third-order valence-electron chi connectivity index (χ3n) is 10.2. The van der Waals surface area contributed by atoms with Gasteiger partial charge in [0.1, 0.15) is 0 Å². The van der Waals surface area contributed by atoms with Crippen LogP contribution in [0.15, 0.2) is 200 Å². The van der Waals surface area contributed by atoms with Crippen LogP contribution in [0.4, 0.5) is 0 Å². The van der Waals surface area contributed by atoms with Gasteiger partial charge >= 0.3 is 0 Å². The van der Waals surface area contributed by atoms with Gasteiger partial charge in [-0.2, -0.15) is 0 Å². The Morgan fingerprint density at radius 3 is 1.31 bits per heavy atom. The minimum Gasteiger partial charge on any atom is -0.208 e. The maximum Gasteiger partial charge on any atom is 0.164 e. The molecule has 0 atom stereocenters. The maximum atomic E-state index is 5.20. The minimum atomic E-state index is 0.626. The van der Waals surface area contributed by atoms with Crippen LogP contribution in [0.3, 0.4) is 0 Å². The average Bonchev–Trinajstić information content (AvgIpc) is 3.65. The molecule has 10 rings (SSSR count). The molecule has 0 aliphatic carbocycles. The standard InChI is InChI=1S/C51H33N3S/c1-3-14-36(15-4-1)41-20-7-9-23-45(41)50-52-49(53-51(54-50)46-24-10-8-21-42(46)37-16-5-2-6-17-37)40-19-13-18-38(32-40)34-26-28-35(29-27-34)39-30-31-44-43-22-11-12-25-47(43)55-48(44)33-39/h1-33H. The van der Waals surface area contributed by atoms with Crippen molar-refractivity contribution in [2.75, 3.05) is 0 Å². The molecule has 0 saturated heterocycles. The van der Waals surface area contributed by atoms with Crippen molar-refractivity contribution >= 4 is 31.5 Å². The number of hydrogen-bond acceptors (Lipinski definition) is 4. The van der Waals surface area contributed by atoms with Gasteiger partial charge in [-0.3, -0.25) is 0 Å². The molecule has 0 aliphatic heterocycles. The first-order valence-electron chi connectivity index (χ1n) is 18.4. The van der Waals surface area contributed by atoms with Crippen molar-refractivity contribution in [3.63, 3.8) is 0 Å². The van der Waals surface area contributed by atoms with E-state index in [1.165, 1.54) is 31.3 Å². The second kappa shape index (κ2) is 14.1. The van der Waals surface area contributed by atoms with Crippen LogP contribution in [-0.2, 0) is 0 Å². The highest BCUT2D eigenvalue weighted by atomic mass is 32.1. The molecule has 0 aliphatic rings. The Kier molecular flexibility index (Phi) is 8.36. The van der Waals surface area contributed by atoms with Crippen LogP contribution in [0.5, 0.6) is 0 Å². The predicted molar refractivity (Wildman–Crippen MR) is 231 cm³/mol. The molecule has 2 heterocycles. The number of nitrogens with zero attached hydrogens (tertiary/aromatic N) is 3. The molecule has 0 spiro atoms. The quantitative estimate of drug-likeness (QED) is 0.165. The summed E-state index contributed by atoms with van der Waals surface area (Å²) in [6.45, 7) is 0. The summed E-state index contributed by atoms with van der Waals surface area (Å²) < 4.78 is 2.63. The molecule has 0 N–H and O–H groups in total. The van der Waals surface area contributed by atoms with Crippen LogP contribution in [0.2, 0.25) is 0 Å². The van der Waals surface area contributed by atoms with Crippen LogP contribution in [-0.4, -0.2) is 15.0 Å². The number of benzene rings is 8. The molecule has 0 amide bonds. The van der Waals surface area contributed by atoms with Gasteiger partial charge in [0.25, 0.3) is 0 Å². The first-order chi connectivity index (χ1) is 27.2. The van der Waals surface area contributed by atoms with Gasteiger partial charge < -0.3 is 0 Å². The van der Waals surface area contributed by atoms with E-state index in [1.807, 2.05) is 35.6 Å². The van der Waals surface area contributed by atoms with E-state index in [4.69, 9.17) is 15.0 Å². The van der Waals surface area contributed by atoms with Gasteiger partial charge in [-0.15, -0.1) is 11.3 Å². The molecule has 3 nitrogen and oxygen atoms in total. The Bertz CT molecular complexity index is 2870. The largest absolute Gasteiger partial charge is 0.208 e. The zero-order valence-corrected chi connectivity index (χ0v) is 30.6. The van der Waals surface area contributed by atoms with Crippen LogP contribution in [0, 0.1) is 0 Å². The first-order valence-corrected chi connectivity index (χ1v) is 19.3. The third kappa shape index (κ3) is 6.29. The van der Waals surface area contributed by atoms with E-state index >= 15 is 0 Å². The Balaban J connectivity index is 1.06. The Morgan fingerprint density at radius 1 is 0.255 bits per heavy atom. The highest BCUT2D eigenvalue weighted by Crippen LogP contribution is 2.38. The van der Waals surface area contributed by atoms with Crippen molar-refractivity contribution in [3.8, 4) is 78.7 Å². The Hall–Kier alpha value is -7.01. The lowest BCUT2D eigenvalue weighted by atomic mass is 9.97. The van der Waals surface area contributed by atoms with E-state index in [0.717, 1.165) is 50.1 Å². The lowest BCUT2D eigenvalue weighted by Crippen LogP contribution is -2.02. The van der Waals surface area contributed by atoms with Gasteiger partial charge in [0.15, 0.2) is 17.5 Å². The van der Waals surface area contributed by atoms with E-state index < -0.39 is 0 Å². The molecule has 55 heavy (non-hydrogen) atoms. The van der Waals surface area contributed by atoms with Crippen molar-refractivity contribution in [1.29, 1.82) is 0 Å². The summed E-state index contributed by atoms with van der Waals surface area (Å²) in [5.41, 5.74) is 11.8. The summed E-state index contributed by atoms with van der Waals surface area (Å²) in [4.78, 5) is 15.6. The minimum absolute atomic E-state index is 0.626. The van der Waals surface area contributed by atoms with Gasteiger partial charge in [-0.1, -0.05) is 182 Å². The Morgan fingerprint density at radius 2 is 0.691 bits per heavy atom. The maximum absolute atomic E-state index is 5.20. The summed E-state index contributed by atoms with van der Waals surface area (Å²) in [7, 11) is 0. The summed E-state index contributed by atoms with van der Waals surface area (Å²) in [6.07, 6.45) is 0. The van der Waals surface area contributed by atoms with Gasteiger partial charge in [-0.05, 0) is 62.7 Å². The molecular formula is C51H33N3S. The Labute approximate surface area is 323 Å². The van der Waals surface area contributed by atoms with Crippen LogP contribution < -0.4 is 0 Å². The van der Waals surface area contributed by atoms with Crippen LogP contribution in [0.1, 0.15) is 0 Å². The van der Waals surface area contributed by atoms with Gasteiger partial charge in [0.2, 0.25) is 0 Å². The SMILES string of the molecule is c1ccc(-c2ccccc2-c2nc(-c3cccc(-c4ccc(-c5ccc6c(c5)sc5ccccc56)cc4)c3)nc(-c3ccccc3-c3ccccc3)n2)cc1. The number of hydrogen-bond donors (Lipinski definition) is 0. The number of fused-ring (bicyclic) bond motifs is 3. The topological polar surface area (TPSA) is 38.7 Å². The molecule has 0 fully saturated rings. The molecule has 0 unspecified atom stereocenters. The summed E-state index contributed by atoms with van der Waals surface area (Å²) in [5.74, 6) is 1.89. The van der Waals surface area contributed by atoms with Gasteiger partial charge in [-0.25, -0.2) is 15.0 Å². The van der Waals surface area contributed by atoms with E-state index in [2.05, 4.69) is 176 Å². The monoisotopic (exact) mass is 719 g/mol. The van der Waals surface area contributed by atoms with Gasteiger partial charge in [0.05, 0.1) is 0 Å². The first kappa shape index (κ1) is 32.6. The second-order valence-corrected chi connectivity index (χ2v) is 14.7. The van der Waals surface area contributed by atoms with E-state index in [-0.39, 0.29) is 0 Å². The van der Waals surface area contributed by atoms with E-state index in [0.29, 0.717) is 17.5 Å². The molecule has 258 valence electrons. The molecule has 4 heteroatoms. The summed E-state index contributed by atoms with van der Waals surface area (Å²) in [5, 5.41) is 2.64. The highest BCUT2D eigenvalue weighted by molar-refractivity contribution is 7.25. The van der Waals surface area contributed by atoms with Crippen molar-refractivity contribution in [2.45, 2.75) is 0 Å². The average molecular weight is 720 g/mol. The molecule has 8 aromatic carbocycles. The number of aromatic nitrogens is 3. The lowest BCUT2D eigenvalue weighted by Gasteiger charge is -2.14. The lowest BCUT2D eigenvalue weighted by molar-refractivity contribution is 1.07. The van der Waals surface area contributed by atoms with Crippen LogP contribution in [0.25, 0.3) is 98.8 Å². The van der Waals surface area contributed by atoms with Crippen molar-refractivity contribution < 1.29 is 0 Å². The molecule has 0 bridgehead atoms.